The highest BCUT2D eigenvalue weighted by molar-refractivity contribution is 5.70. The van der Waals surface area contributed by atoms with Crippen LogP contribution in [0.25, 0.3) is 11.2 Å². The van der Waals surface area contributed by atoms with E-state index in [9.17, 15) is 20.1 Å². The van der Waals surface area contributed by atoms with Gasteiger partial charge in [-0.05, 0) is 0 Å². The fourth-order valence-corrected chi connectivity index (χ4v) is 2.27. The normalized spacial score (nSPS) is 28.3. The molecule has 2 aromatic rings. The first kappa shape index (κ1) is 13.9. The number of anilines is 1. The van der Waals surface area contributed by atoms with Gasteiger partial charge in [0.15, 0.2) is 23.5 Å². The number of aromatic nitrogens is 4. The van der Waals surface area contributed by atoms with Crippen LogP contribution in [-0.2, 0) is 4.74 Å². The molecule has 21 heavy (non-hydrogen) atoms. The van der Waals surface area contributed by atoms with E-state index in [1.807, 2.05) is 0 Å². The number of nitrogens with one attached hydrogen (secondary N) is 1. The zero-order valence-corrected chi connectivity index (χ0v) is 10.5. The summed E-state index contributed by atoms with van der Waals surface area (Å²) in [5.41, 5.74) is 4.82. The summed E-state index contributed by atoms with van der Waals surface area (Å²) in [5, 5.41) is 38.5. The summed E-state index contributed by atoms with van der Waals surface area (Å²) in [7, 11) is 0. The third kappa shape index (κ3) is 1.91. The minimum absolute atomic E-state index is 0.00897. The predicted molar refractivity (Wildman–Crippen MR) is 66.7 cm³/mol. The molecule has 1 saturated heterocycles. The second-order valence-corrected chi connectivity index (χ2v) is 4.70. The highest BCUT2D eigenvalue weighted by atomic mass is 16.6. The minimum atomic E-state index is -2.65. The van der Waals surface area contributed by atoms with Crippen molar-refractivity contribution < 1.29 is 25.2 Å². The number of imidazole rings is 1. The summed E-state index contributed by atoms with van der Waals surface area (Å²) in [6.45, 7) is -0.719. The van der Waals surface area contributed by atoms with Gasteiger partial charge >= 0.3 is 0 Å². The molecule has 0 aromatic carbocycles. The van der Waals surface area contributed by atoms with Gasteiger partial charge in [0.2, 0.25) is 11.7 Å². The van der Waals surface area contributed by atoms with Crippen molar-refractivity contribution in [1.29, 1.82) is 0 Å². The Kier molecular flexibility index (Phi) is 2.96. The summed E-state index contributed by atoms with van der Waals surface area (Å²) in [4.78, 5) is 21.6. The largest absolute Gasteiger partial charge is 0.393 e. The van der Waals surface area contributed by atoms with E-state index in [2.05, 4.69) is 15.0 Å². The van der Waals surface area contributed by atoms with Crippen molar-refractivity contribution in [3.63, 3.8) is 0 Å². The number of rotatable bonds is 2. The second kappa shape index (κ2) is 4.47. The third-order valence-corrected chi connectivity index (χ3v) is 3.37. The number of H-pyrrole nitrogens is 1. The van der Waals surface area contributed by atoms with Crippen LogP contribution in [0.3, 0.4) is 0 Å². The van der Waals surface area contributed by atoms with Crippen LogP contribution in [0, 0.1) is 0 Å². The quantitative estimate of drug-likeness (QED) is 0.308. The molecule has 3 rings (SSSR count). The minimum Gasteiger partial charge on any atom is -0.393 e. The molecule has 114 valence electrons. The molecule has 0 radical (unpaired) electrons. The Morgan fingerprint density at radius 3 is 2.86 bits per heavy atom. The Morgan fingerprint density at radius 1 is 1.52 bits per heavy atom. The van der Waals surface area contributed by atoms with Gasteiger partial charge in [-0.2, -0.15) is 4.98 Å². The van der Waals surface area contributed by atoms with Crippen molar-refractivity contribution >= 4 is 17.1 Å². The summed E-state index contributed by atoms with van der Waals surface area (Å²) in [6, 6.07) is 0. The third-order valence-electron chi connectivity index (χ3n) is 3.37. The van der Waals surface area contributed by atoms with Crippen LogP contribution in [0.5, 0.6) is 0 Å². The van der Waals surface area contributed by atoms with E-state index in [-0.39, 0.29) is 17.1 Å². The Hall–Kier alpha value is -2.05. The lowest BCUT2D eigenvalue weighted by atomic mass is 10.1. The lowest BCUT2D eigenvalue weighted by Gasteiger charge is -2.23. The molecule has 0 spiro atoms. The highest BCUT2D eigenvalue weighted by Crippen LogP contribution is 2.36. The molecule has 1 aliphatic heterocycles. The van der Waals surface area contributed by atoms with Crippen LogP contribution in [0.15, 0.2) is 11.1 Å². The lowest BCUT2D eigenvalue weighted by molar-refractivity contribution is -0.235. The fraction of sp³-hybridized carbons (Fsp3) is 0.500. The number of ether oxygens (including phenoxy) is 1. The van der Waals surface area contributed by atoms with Crippen LogP contribution in [-0.4, -0.2) is 64.5 Å². The number of aliphatic hydroxyl groups excluding tert-OH is 2. The van der Waals surface area contributed by atoms with E-state index in [1.54, 1.807) is 0 Å². The molecule has 3 atom stereocenters. The fourth-order valence-electron chi connectivity index (χ4n) is 2.27. The second-order valence-electron chi connectivity index (χ2n) is 4.70. The van der Waals surface area contributed by atoms with E-state index in [1.165, 1.54) is 0 Å². The maximum Gasteiger partial charge on any atom is 0.280 e. The maximum absolute atomic E-state index is 11.7. The number of fused-ring (bicyclic) bond motifs is 1. The highest BCUT2D eigenvalue weighted by Gasteiger charge is 2.55. The first-order chi connectivity index (χ1) is 9.86. The van der Waals surface area contributed by atoms with Gasteiger partial charge < -0.3 is 30.9 Å². The number of aromatic amines is 1. The molecule has 2 aromatic heterocycles. The molecule has 0 saturated carbocycles. The smallest absolute Gasteiger partial charge is 0.280 e. The molecule has 3 heterocycles. The number of hydrogen-bond acceptors (Lipinski definition) is 9. The van der Waals surface area contributed by atoms with Crippen LogP contribution in [0.1, 0.15) is 6.23 Å². The molecule has 0 aliphatic carbocycles. The Bertz CT molecular complexity index is 739. The zero-order chi connectivity index (χ0) is 15.4. The van der Waals surface area contributed by atoms with Crippen molar-refractivity contribution in [3.8, 4) is 0 Å². The summed E-state index contributed by atoms with van der Waals surface area (Å²) >= 11 is 0. The van der Waals surface area contributed by atoms with Gasteiger partial charge in [-0.1, -0.05) is 0 Å². The van der Waals surface area contributed by atoms with Gasteiger partial charge in [-0.3, -0.25) is 14.3 Å². The van der Waals surface area contributed by atoms with E-state index >= 15 is 0 Å². The van der Waals surface area contributed by atoms with Gasteiger partial charge in [0, 0.05) is 0 Å². The van der Waals surface area contributed by atoms with Gasteiger partial charge in [0.25, 0.3) is 5.56 Å². The van der Waals surface area contributed by atoms with Gasteiger partial charge in [0.05, 0.1) is 12.9 Å². The summed E-state index contributed by atoms with van der Waals surface area (Å²) in [6.07, 6.45) is -3.35. The van der Waals surface area contributed by atoms with Crippen molar-refractivity contribution in [2.24, 2.45) is 0 Å². The van der Waals surface area contributed by atoms with Gasteiger partial charge in [-0.25, -0.2) is 4.98 Å². The molecule has 1 fully saturated rings. The first-order valence-corrected chi connectivity index (χ1v) is 5.97. The molecular weight excluding hydrogens is 286 g/mol. The standard InChI is InChI=1S/C10H13N5O6/c11-9-13-6-4(7(18)14-9)12-2-15(6)8-5(17)10(19,20)3(1-16)21-8/h2-3,5,8,16-17,19-20H,1H2,(H3,11,13,14,18)/t3-,5?,8-/m1/s1. The molecular formula is C10H13N5O6. The number of nitrogen functional groups attached to an aromatic ring is 1. The predicted octanol–water partition coefficient (Wildman–Crippen LogP) is -3.37. The van der Waals surface area contributed by atoms with Gasteiger partial charge in [0.1, 0.15) is 6.10 Å². The van der Waals surface area contributed by atoms with Gasteiger partial charge in [-0.15, -0.1) is 0 Å². The first-order valence-electron chi connectivity index (χ1n) is 5.97. The Morgan fingerprint density at radius 2 is 2.24 bits per heavy atom. The summed E-state index contributed by atoms with van der Waals surface area (Å²) < 4.78 is 6.34. The van der Waals surface area contributed by atoms with Crippen molar-refractivity contribution in [3.05, 3.63) is 16.7 Å². The topological polar surface area (TPSA) is 180 Å². The average Bonchev–Trinajstić information content (AvgIpc) is 2.91. The number of hydrogen-bond donors (Lipinski definition) is 6. The Balaban J connectivity index is 2.12. The summed E-state index contributed by atoms with van der Waals surface area (Å²) in [5.74, 6) is -2.82. The van der Waals surface area contributed by atoms with Crippen LogP contribution in [0.2, 0.25) is 0 Å². The molecule has 11 heteroatoms. The maximum atomic E-state index is 11.7. The van der Waals surface area contributed by atoms with Crippen LogP contribution >= 0.6 is 0 Å². The van der Waals surface area contributed by atoms with E-state index in [0.717, 1.165) is 10.9 Å². The monoisotopic (exact) mass is 299 g/mol. The molecule has 1 unspecified atom stereocenters. The zero-order valence-electron chi connectivity index (χ0n) is 10.5. The lowest BCUT2D eigenvalue weighted by Crippen LogP contribution is -2.48. The molecule has 1 aliphatic rings. The van der Waals surface area contributed by atoms with Crippen LogP contribution in [0.4, 0.5) is 5.95 Å². The van der Waals surface area contributed by atoms with E-state index < -0.39 is 36.4 Å². The molecule has 11 nitrogen and oxygen atoms in total. The SMILES string of the molecule is Nc1nc2c(ncn2[C@@H]2O[C@H](CO)C(O)(O)C2O)c(=O)[nH]1. The number of aliphatic hydroxyl groups is 4. The molecule has 7 N–H and O–H groups in total. The molecule has 0 amide bonds. The Labute approximate surface area is 116 Å². The number of nitrogens with zero attached hydrogens (tertiary/aromatic N) is 3. The van der Waals surface area contributed by atoms with Crippen molar-refractivity contribution in [1.82, 2.24) is 19.5 Å². The van der Waals surface area contributed by atoms with Crippen LogP contribution < -0.4 is 11.3 Å². The number of nitrogens with two attached hydrogens (primary N) is 1. The average molecular weight is 299 g/mol. The van der Waals surface area contributed by atoms with Crippen molar-refractivity contribution in [2.75, 3.05) is 12.3 Å². The van der Waals surface area contributed by atoms with Crippen molar-refractivity contribution in [2.45, 2.75) is 24.2 Å². The van der Waals surface area contributed by atoms with E-state index in [0.29, 0.717) is 0 Å². The van der Waals surface area contributed by atoms with E-state index in [4.69, 9.17) is 15.6 Å². The molecule has 0 bridgehead atoms.